The summed E-state index contributed by atoms with van der Waals surface area (Å²) in [6.07, 6.45) is -7.64. The van der Waals surface area contributed by atoms with Gasteiger partial charge < -0.3 is 10.6 Å². The van der Waals surface area contributed by atoms with Crippen LogP contribution in [0.4, 0.5) is 32.0 Å². The van der Waals surface area contributed by atoms with Crippen LogP contribution in [0.5, 0.6) is 0 Å². The molecule has 0 aliphatic heterocycles. The summed E-state index contributed by atoms with van der Waals surface area (Å²) in [4.78, 5) is 31.2. The third-order valence-electron chi connectivity index (χ3n) is 6.01. The third-order valence-corrected chi connectivity index (χ3v) is 7.76. The molecule has 19 heteroatoms. The van der Waals surface area contributed by atoms with Crippen molar-refractivity contribution in [3.05, 3.63) is 79.0 Å². The molecule has 0 spiro atoms. The number of carbonyl (C=O) groups excluding carboxylic acids is 2. The number of pyridine rings is 1. The summed E-state index contributed by atoms with van der Waals surface area (Å²) in [5, 5.41) is 15.8. The number of hydrogen-bond donors (Lipinski definition) is 2. The number of amides is 2. The molecule has 0 saturated carbocycles. The first-order valence-corrected chi connectivity index (χ1v) is 15.5. The first kappa shape index (κ1) is 34.5. The van der Waals surface area contributed by atoms with Crippen LogP contribution in [0.25, 0.3) is 5.82 Å². The first-order valence-electron chi connectivity index (χ1n) is 12.7. The lowest BCUT2D eigenvalue weighted by Gasteiger charge is -2.18. The lowest BCUT2D eigenvalue weighted by Crippen LogP contribution is -2.35. The minimum atomic E-state index is -5.43. The molecule has 0 aliphatic rings. The Kier molecular flexibility index (Phi) is 10.4. The maximum absolute atomic E-state index is 13.7. The average Bonchev–Trinajstić information content (AvgIpc) is 3.55. The summed E-state index contributed by atoms with van der Waals surface area (Å²) >= 11 is 9.85. The number of aromatic nitrogens is 6. The molecule has 0 aliphatic carbocycles. The standard InChI is InChI=1S/C26H22ClF6IN8O2S/c1-12-7-14(34)8-16(23(43)36-13(2)11-45-3)19(12)37-24(44)18-9-15(38-42(18)22-17(27)5-4-6-35-22)10-41-39-20(25(28,29)30)21(40-41)26(31,32)33/h4-9,13H,10-11H2,1-3H3,(H,36,43)(H,37,44)/t13-/m0/s1. The van der Waals surface area contributed by atoms with Gasteiger partial charge in [-0.1, -0.05) is 11.6 Å². The molecular formula is C26H22ClF6IN8O2S. The number of nitrogens with zero attached hydrogens (tertiary/aromatic N) is 6. The van der Waals surface area contributed by atoms with Crippen molar-refractivity contribution in [2.75, 3.05) is 17.3 Å². The monoisotopic (exact) mass is 786 g/mol. The van der Waals surface area contributed by atoms with Gasteiger partial charge in [-0.2, -0.15) is 48.0 Å². The predicted octanol–water partition coefficient (Wildman–Crippen LogP) is 6.24. The number of nitrogens with one attached hydrogen (secondary N) is 2. The molecule has 4 aromatic rings. The van der Waals surface area contributed by atoms with Gasteiger partial charge in [0, 0.05) is 21.6 Å². The number of hydrogen-bond acceptors (Lipinski definition) is 7. The van der Waals surface area contributed by atoms with Crippen molar-refractivity contribution in [1.82, 2.24) is 35.1 Å². The molecule has 45 heavy (non-hydrogen) atoms. The topological polar surface area (TPSA) is 120 Å². The predicted molar refractivity (Wildman–Crippen MR) is 163 cm³/mol. The van der Waals surface area contributed by atoms with E-state index in [2.05, 4.69) is 30.9 Å². The van der Waals surface area contributed by atoms with Gasteiger partial charge in [0.25, 0.3) is 11.8 Å². The number of aryl methyl sites for hydroxylation is 1. The van der Waals surface area contributed by atoms with Crippen molar-refractivity contribution >= 4 is 63.5 Å². The van der Waals surface area contributed by atoms with Crippen molar-refractivity contribution in [1.29, 1.82) is 0 Å². The van der Waals surface area contributed by atoms with Crippen molar-refractivity contribution in [2.24, 2.45) is 0 Å². The van der Waals surface area contributed by atoms with Gasteiger partial charge in [0.05, 0.1) is 22.0 Å². The zero-order valence-corrected chi connectivity index (χ0v) is 27.1. The van der Waals surface area contributed by atoms with E-state index in [1.54, 1.807) is 19.1 Å². The van der Waals surface area contributed by atoms with Crippen molar-refractivity contribution in [2.45, 2.75) is 38.8 Å². The van der Waals surface area contributed by atoms with Crippen molar-refractivity contribution in [3.63, 3.8) is 0 Å². The number of rotatable bonds is 9. The smallest absolute Gasteiger partial charge is 0.349 e. The normalized spacial score (nSPS) is 12.7. The van der Waals surface area contributed by atoms with E-state index in [9.17, 15) is 35.9 Å². The molecule has 3 aromatic heterocycles. The summed E-state index contributed by atoms with van der Waals surface area (Å²) < 4.78 is 81.5. The molecule has 10 nitrogen and oxygen atoms in total. The molecule has 2 amide bonds. The van der Waals surface area contributed by atoms with Gasteiger partial charge in [-0.15, -0.1) is 10.2 Å². The zero-order valence-electron chi connectivity index (χ0n) is 23.4. The Bertz CT molecular complexity index is 1710. The fraction of sp³-hybridized carbons (Fsp3) is 0.308. The van der Waals surface area contributed by atoms with E-state index in [1.807, 2.05) is 35.8 Å². The summed E-state index contributed by atoms with van der Waals surface area (Å²) in [5.41, 5.74) is -3.98. The summed E-state index contributed by atoms with van der Waals surface area (Å²) in [7, 11) is 0. The Labute approximate surface area is 274 Å². The number of halogens is 8. The molecular weight excluding hydrogens is 765 g/mol. The summed E-state index contributed by atoms with van der Waals surface area (Å²) in [5.74, 6) is -0.685. The van der Waals surface area contributed by atoms with Crippen LogP contribution in [0.2, 0.25) is 5.02 Å². The number of carbonyl (C=O) groups is 2. The highest BCUT2D eigenvalue weighted by atomic mass is 127. The van der Waals surface area contributed by atoms with Gasteiger partial charge in [-0.3, -0.25) is 9.59 Å². The largest absolute Gasteiger partial charge is 0.437 e. The Balaban J connectivity index is 1.76. The highest BCUT2D eigenvalue weighted by Crippen LogP contribution is 2.38. The lowest BCUT2D eigenvalue weighted by molar-refractivity contribution is -0.165. The molecule has 1 aromatic carbocycles. The van der Waals surface area contributed by atoms with E-state index in [0.29, 0.717) is 11.3 Å². The minimum absolute atomic E-state index is 0.0328. The van der Waals surface area contributed by atoms with Gasteiger partial charge in [0.15, 0.2) is 17.2 Å². The second kappa shape index (κ2) is 13.5. The molecule has 0 unspecified atom stereocenters. The van der Waals surface area contributed by atoms with Crippen molar-refractivity contribution < 1.29 is 35.9 Å². The second-order valence-corrected chi connectivity index (χ2v) is 12.2. The van der Waals surface area contributed by atoms with Gasteiger partial charge in [-0.25, -0.2) is 9.67 Å². The fourth-order valence-corrected chi connectivity index (χ4v) is 5.73. The van der Waals surface area contributed by atoms with Gasteiger partial charge in [0.1, 0.15) is 12.2 Å². The number of anilines is 1. The van der Waals surface area contributed by atoms with Crippen LogP contribution in [0.1, 0.15) is 50.4 Å². The third kappa shape index (κ3) is 8.07. The van der Waals surface area contributed by atoms with Gasteiger partial charge in [0.2, 0.25) is 0 Å². The van der Waals surface area contributed by atoms with E-state index in [0.717, 1.165) is 14.3 Å². The van der Waals surface area contributed by atoms with Crippen molar-refractivity contribution in [3.8, 4) is 5.82 Å². The molecule has 0 radical (unpaired) electrons. The zero-order chi connectivity index (χ0) is 33.3. The quantitative estimate of drug-likeness (QED) is 0.152. The molecule has 0 saturated heterocycles. The molecule has 2 N–H and O–H groups in total. The summed E-state index contributed by atoms with van der Waals surface area (Å²) in [6.45, 7) is 2.73. The van der Waals surface area contributed by atoms with Crippen LogP contribution >= 0.6 is 46.0 Å². The fourth-order valence-electron chi connectivity index (χ4n) is 4.17. The Morgan fingerprint density at radius 1 is 1.04 bits per heavy atom. The number of alkyl halides is 6. The van der Waals surface area contributed by atoms with Gasteiger partial charge in [-0.05, 0) is 78.6 Å². The van der Waals surface area contributed by atoms with Crippen LogP contribution in [0.15, 0.2) is 36.5 Å². The molecule has 1 atom stereocenters. The summed E-state index contributed by atoms with van der Waals surface area (Å²) in [6, 6.07) is 7.19. The SMILES string of the molecule is CSC[C@H](C)NC(=O)c1cc(I)cc(C)c1NC(=O)c1cc(Cn2nc(C(F)(F)F)c(C(F)(F)F)n2)nn1-c1ncccc1Cl. The van der Waals surface area contributed by atoms with E-state index < -0.39 is 42.1 Å². The van der Waals surface area contributed by atoms with E-state index in [1.165, 1.54) is 30.1 Å². The van der Waals surface area contributed by atoms with Crippen LogP contribution < -0.4 is 10.6 Å². The van der Waals surface area contributed by atoms with E-state index >= 15 is 0 Å². The molecule has 3 heterocycles. The van der Waals surface area contributed by atoms with Crippen LogP contribution in [-0.4, -0.2) is 59.6 Å². The first-order chi connectivity index (χ1) is 21.0. The van der Waals surface area contributed by atoms with Gasteiger partial charge >= 0.3 is 12.4 Å². The van der Waals surface area contributed by atoms with Crippen LogP contribution in [0.3, 0.4) is 0 Å². The highest BCUT2D eigenvalue weighted by Gasteiger charge is 2.48. The maximum Gasteiger partial charge on any atom is 0.437 e. The Hall–Kier alpha value is -3.39. The van der Waals surface area contributed by atoms with E-state index in [4.69, 9.17) is 11.6 Å². The lowest BCUT2D eigenvalue weighted by atomic mass is 10.1. The average molecular weight is 787 g/mol. The molecule has 0 fully saturated rings. The van der Waals surface area contributed by atoms with Crippen LogP contribution in [0, 0.1) is 10.5 Å². The number of benzene rings is 1. The Morgan fingerprint density at radius 3 is 2.27 bits per heavy atom. The van der Waals surface area contributed by atoms with Crippen LogP contribution in [-0.2, 0) is 18.9 Å². The second-order valence-electron chi connectivity index (χ2n) is 9.59. The molecule has 4 rings (SSSR count). The van der Waals surface area contributed by atoms with E-state index in [-0.39, 0.29) is 44.3 Å². The Morgan fingerprint density at radius 2 is 1.69 bits per heavy atom. The molecule has 240 valence electrons. The minimum Gasteiger partial charge on any atom is -0.349 e. The highest BCUT2D eigenvalue weighted by molar-refractivity contribution is 14.1. The number of thioether (sulfide) groups is 1. The maximum atomic E-state index is 13.7. The molecule has 0 bridgehead atoms.